The van der Waals surface area contributed by atoms with Gasteiger partial charge in [0.25, 0.3) is 0 Å². The molecule has 2 aliphatic rings. The Balaban J connectivity index is 2.04. The molecule has 1 saturated carbocycles. The number of carbonyl (C=O) groups is 2. The van der Waals surface area contributed by atoms with Crippen LogP contribution in [0.2, 0.25) is 0 Å². The van der Waals surface area contributed by atoms with Crippen LogP contribution in [-0.2, 0) is 9.59 Å². The summed E-state index contributed by atoms with van der Waals surface area (Å²) in [5.41, 5.74) is 0. The van der Waals surface area contributed by atoms with Crippen LogP contribution >= 0.6 is 0 Å². The van der Waals surface area contributed by atoms with Crippen LogP contribution in [0.25, 0.3) is 0 Å². The molecule has 2 rings (SSSR count). The number of aliphatic carboxylic acids is 1. The van der Waals surface area contributed by atoms with Gasteiger partial charge in [-0.25, -0.2) is 0 Å². The van der Waals surface area contributed by atoms with E-state index in [1.54, 1.807) is 0 Å². The van der Waals surface area contributed by atoms with E-state index >= 15 is 0 Å². The molecule has 1 aliphatic heterocycles. The van der Waals surface area contributed by atoms with Gasteiger partial charge in [-0.3, -0.25) is 14.5 Å². The Bertz CT molecular complexity index is 355. The second kappa shape index (κ2) is 5.90. The Labute approximate surface area is 114 Å². The first-order valence-electron chi connectivity index (χ1n) is 7.25. The molecule has 1 amide bonds. The van der Waals surface area contributed by atoms with Crippen LogP contribution in [0.5, 0.6) is 0 Å². The normalized spacial score (nSPS) is 29.8. The topological polar surface area (TPSA) is 69.6 Å². The monoisotopic (exact) mass is 268 g/mol. The number of piperidine rings is 1. The van der Waals surface area contributed by atoms with Crippen LogP contribution in [0.3, 0.4) is 0 Å². The Morgan fingerprint density at radius 1 is 1.37 bits per heavy atom. The zero-order valence-corrected chi connectivity index (χ0v) is 11.8. The number of carboxylic acid groups (broad SMARTS) is 1. The molecule has 0 aromatic carbocycles. The molecular formula is C14H24N2O3. The van der Waals surface area contributed by atoms with Crippen molar-refractivity contribution in [2.75, 3.05) is 13.1 Å². The van der Waals surface area contributed by atoms with Crippen LogP contribution in [0.15, 0.2) is 0 Å². The molecule has 5 heteroatoms. The molecule has 108 valence electrons. The molecule has 19 heavy (non-hydrogen) atoms. The molecule has 0 aromatic rings. The molecule has 0 radical (unpaired) electrons. The lowest BCUT2D eigenvalue weighted by molar-refractivity contribution is -0.145. The van der Waals surface area contributed by atoms with Crippen molar-refractivity contribution in [1.82, 2.24) is 10.2 Å². The van der Waals surface area contributed by atoms with Crippen LogP contribution < -0.4 is 5.32 Å². The molecule has 1 saturated heterocycles. The average molecular weight is 268 g/mol. The predicted molar refractivity (Wildman–Crippen MR) is 71.7 cm³/mol. The number of rotatable bonds is 5. The number of hydrogen-bond acceptors (Lipinski definition) is 3. The Morgan fingerprint density at radius 2 is 2.05 bits per heavy atom. The lowest BCUT2D eigenvalue weighted by atomic mass is 9.91. The first-order chi connectivity index (χ1) is 9.01. The Hall–Kier alpha value is -1.10. The molecule has 2 fully saturated rings. The molecular weight excluding hydrogens is 244 g/mol. The minimum atomic E-state index is -0.745. The molecule has 0 bridgehead atoms. The van der Waals surface area contributed by atoms with Gasteiger partial charge < -0.3 is 10.4 Å². The van der Waals surface area contributed by atoms with Gasteiger partial charge in [-0.05, 0) is 31.6 Å². The lowest BCUT2D eigenvalue weighted by Crippen LogP contribution is -2.55. The minimum absolute atomic E-state index is 0.0276. The fraction of sp³-hybridized carbons (Fsp3) is 0.857. The number of nitrogens with one attached hydrogen (secondary N) is 1. The number of carbonyl (C=O) groups excluding carboxylic acids is 1. The van der Waals surface area contributed by atoms with E-state index < -0.39 is 5.97 Å². The largest absolute Gasteiger partial charge is 0.481 e. The van der Waals surface area contributed by atoms with Gasteiger partial charge in [0.2, 0.25) is 5.91 Å². The van der Waals surface area contributed by atoms with Gasteiger partial charge in [-0.15, -0.1) is 0 Å². The van der Waals surface area contributed by atoms with Crippen LogP contribution in [0.4, 0.5) is 0 Å². The van der Waals surface area contributed by atoms with Gasteiger partial charge in [0.1, 0.15) is 0 Å². The summed E-state index contributed by atoms with van der Waals surface area (Å²) < 4.78 is 0. The maximum Gasteiger partial charge on any atom is 0.307 e. The minimum Gasteiger partial charge on any atom is -0.481 e. The summed E-state index contributed by atoms with van der Waals surface area (Å²) in [5, 5.41) is 12.2. The lowest BCUT2D eigenvalue weighted by Gasteiger charge is -2.41. The van der Waals surface area contributed by atoms with Crippen molar-refractivity contribution in [3.05, 3.63) is 0 Å². The molecule has 0 spiro atoms. The van der Waals surface area contributed by atoms with Gasteiger partial charge >= 0.3 is 5.97 Å². The molecule has 3 atom stereocenters. The summed E-state index contributed by atoms with van der Waals surface area (Å²) in [7, 11) is 0. The Kier molecular flexibility index (Phi) is 4.45. The van der Waals surface area contributed by atoms with Gasteiger partial charge in [0.15, 0.2) is 0 Å². The molecule has 5 nitrogen and oxygen atoms in total. The molecule has 1 heterocycles. The smallest absolute Gasteiger partial charge is 0.307 e. The fourth-order valence-corrected chi connectivity index (χ4v) is 3.35. The third-order valence-corrected chi connectivity index (χ3v) is 4.29. The van der Waals surface area contributed by atoms with Crippen LogP contribution in [0.1, 0.15) is 39.5 Å². The fourth-order valence-electron chi connectivity index (χ4n) is 3.35. The molecule has 2 N–H and O–H groups in total. The highest BCUT2D eigenvalue weighted by molar-refractivity contribution is 5.74. The highest BCUT2D eigenvalue weighted by Gasteiger charge is 2.39. The Morgan fingerprint density at radius 3 is 2.53 bits per heavy atom. The number of nitrogens with zero attached hydrogens (tertiary/aromatic N) is 1. The zero-order chi connectivity index (χ0) is 14.0. The maximum atomic E-state index is 11.3. The van der Waals surface area contributed by atoms with Crippen molar-refractivity contribution in [3.8, 4) is 0 Å². The van der Waals surface area contributed by atoms with Crippen molar-refractivity contribution in [2.45, 2.75) is 51.6 Å². The standard InChI is InChI=1S/C14H24N2O3/c1-3-13(10-4-5-10)16-7-11(14(18)19)6-12(8-16)15-9(2)17/h10-13H,3-8H2,1-2H3,(H,15,17)(H,18,19). The number of hydrogen-bond donors (Lipinski definition) is 2. The van der Waals surface area contributed by atoms with E-state index in [0.717, 1.165) is 18.9 Å². The van der Waals surface area contributed by atoms with E-state index in [1.165, 1.54) is 19.8 Å². The highest BCUT2D eigenvalue weighted by atomic mass is 16.4. The first-order valence-corrected chi connectivity index (χ1v) is 7.25. The second-order valence-electron chi connectivity index (χ2n) is 5.94. The number of amides is 1. The summed E-state index contributed by atoms with van der Waals surface area (Å²) in [6.07, 6.45) is 4.13. The first kappa shape index (κ1) is 14.3. The van der Waals surface area contributed by atoms with E-state index in [2.05, 4.69) is 17.1 Å². The average Bonchev–Trinajstić information content (AvgIpc) is 3.13. The van der Waals surface area contributed by atoms with E-state index in [4.69, 9.17) is 0 Å². The molecule has 1 aliphatic carbocycles. The third-order valence-electron chi connectivity index (χ3n) is 4.29. The maximum absolute atomic E-state index is 11.3. The van der Waals surface area contributed by atoms with Gasteiger partial charge in [-0.1, -0.05) is 6.92 Å². The van der Waals surface area contributed by atoms with Crippen molar-refractivity contribution >= 4 is 11.9 Å². The van der Waals surface area contributed by atoms with Crippen LogP contribution in [-0.4, -0.2) is 47.1 Å². The van der Waals surface area contributed by atoms with E-state index in [9.17, 15) is 14.7 Å². The summed E-state index contributed by atoms with van der Waals surface area (Å²) in [4.78, 5) is 24.8. The number of carboxylic acids is 1. The van der Waals surface area contributed by atoms with Gasteiger partial charge in [-0.2, -0.15) is 0 Å². The van der Waals surface area contributed by atoms with E-state index in [0.29, 0.717) is 19.0 Å². The van der Waals surface area contributed by atoms with E-state index in [1.807, 2.05) is 0 Å². The van der Waals surface area contributed by atoms with Gasteiger partial charge in [0.05, 0.1) is 5.92 Å². The van der Waals surface area contributed by atoms with Crippen molar-refractivity contribution in [3.63, 3.8) is 0 Å². The number of likely N-dealkylation sites (tertiary alicyclic amines) is 1. The zero-order valence-electron chi connectivity index (χ0n) is 11.8. The van der Waals surface area contributed by atoms with Crippen LogP contribution in [0, 0.1) is 11.8 Å². The SMILES string of the molecule is CCC(C1CC1)N1CC(NC(C)=O)CC(C(=O)O)C1. The summed E-state index contributed by atoms with van der Waals surface area (Å²) in [5.74, 6) is -0.449. The molecule has 3 unspecified atom stereocenters. The van der Waals surface area contributed by atoms with Crippen molar-refractivity contribution in [1.29, 1.82) is 0 Å². The van der Waals surface area contributed by atoms with Crippen molar-refractivity contribution in [2.24, 2.45) is 11.8 Å². The second-order valence-corrected chi connectivity index (χ2v) is 5.94. The quantitative estimate of drug-likeness (QED) is 0.783. The van der Waals surface area contributed by atoms with Crippen molar-refractivity contribution < 1.29 is 14.7 Å². The predicted octanol–water partition coefficient (Wildman–Crippen LogP) is 1.09. The van der Waals surface area contributed by atoms with Gasteiger partial charge in [0, 0.05) is 32.1 Å². The molecule has 0 aromatic heterocycles. The summed E-state index contributed by atoms with van der Waals surface area (Å²) in [6, 6.07) is 0.457. The van der Waals surface area contributed by atoms with E-state index in [-0.39, 0.29) is 17.9 Å². The summed E-state index contributed by atoms with van der Waals surface area (Å²) in [6.45, 7) is 5.08. The third kappa shape index (κ3) is 3.69. The highest BCUT2D eigenvalue weighted by Crippen LogP contribution is 2.38. The summed E-state index contributed by atoms with van der Waals surface area (Å²) >= 11 is 0.